The van der Waals surface area contributed by atoms with Crippen LogP contribution in [0.1, 0.15) is 22.3 Å². The van der Waals surface area contributed by atoms with Gasteiger partial charge < -0.3 is 10.1 Å². The third kappa shape index (κ3) is 6.32. The summed E-state index contributed by atoms with van der Waals surface area (Å²) < 4.78 is 5.59. The molecule has 0 saturated carbocycles. The highest BCUT2D eigenvalue weighted by Crippen LogP contribution is 2.33. The zero-order chi connectivity index (χ0) is 24.9. The van der Waals surface area contributed by atoms with E-state index in [4.69, 9.17) is 16.3 Å². The third-order valence-electron chi connectivity index (χ3n) is 5.32. The number of hydrogen-bond acceptors (Lipinski definition) is 5. The average Bonchev–Trinajstić information content (AvgIpc) is 3.08. The van der Waals surface area contributed by atoms with Crippen molar-refractivity contribution < 1.29 is 19.1 Å². The Morgan fingerprint density at radius 1 is 1.06 bits per heavy atom. The largest absolute Gasteiger partial charge is 0.484 e. The van der Waals surface area contributed by atoms with Crippen molar-refractivity contribution in [3.63, 3.8) is 0 Å². The molecular weight excluding hydrogens is 484 g/mol. The molecule has 1 aliphatic heterocycles. The number of nitrogens with zero attached hydrogens (tertiary/aromatic N) is 1. The monoisotopic (exact) mass is 506 g/mol. The van der Waals surface area contributed by atoms with Gasteiger partial charge in [-0.25, -0.2) is 0 Å². The van der Waals surface area contributed by atoms with E-state index in [1.54, 1.807) is 48.5 Å². The zero-order valence-corrected chi connectivity index (χ0v) is 20.8. The molecule has 35 heavy (non-hydrogen) atoms. The van der Waals surface area contributed by atoms with E-state index in [2.05, 4.69) is 5.32 Å². The molecule has 0 spiro atoms. The molecule has 0 aliphatic carbocycles. The Hall–Kier alpha value is -3.55. The first-order chi connectivity index (χ1) is 16.8. The number of rotatable bonds is 7. The number of amides is 3. The first-order valence-corrected chi connectivity index (χ1v) is 12.1. The number of aryl methyl sites for hydroxylation is 2. The predicted octanol–water partition coefficient (Wildman–Crippen LogP) is 6.21. The van der Waals surface area contributed by atoms with E-state index in [0.29, 0.717) is 15.7 Å². The summed E-state index contributed by atoms with van der Waals surface area (Å²) in [5.74, 6) is -0.0769. The van der Waals surface area contributed by atoms with Crippen molar-refractivity contribution in [1.82, 2.24) is 4.90 Å². The highest BCUT2D eigenvalue weighted by molar-refractivity contribution is 8.18. The summed E-state index contributed by atoms with van der Waals surface area (Å²) in [6.07, 6.45) is 1.67. The van der Waals surface area contributed by atoms with E-state index >= 15 is 0 Å². The van der Waals surface area contributed by atoms with Crippen molar-refractivity contribution in [2.24, 2.45) is 0 Å². The van der Waals surface area contributed by atoms with Gasteiger partial charge in [-0.2, -0.15) is 0 Å². The normalized spacial score (nSPS) is 14.5. The Bertz CT molecular complexity index is 1320. The molecule has 4 rings (SSSR count). The van der Waals surface area contributed by atoms with Crippen molar-refractivity contribution in [2.75, 3.05) is 11.9 Å². The molecule has 3 amide bonds. The number of carbonyl (C=O) groups excluding carboxylic acids is 3. The van der Waals surface area contributed by atoms with Crippen LogP contribution < -0.4 is 10.1 Å². The molecule has 1 N–H and O–H groups in total. The maximum atomic E-state index is 12.8. The lowest BCUT2D eigenvalue weighted by Gasteiger charge is -2.12. The molecule has 0 radical (unpaired) electrons. The van der Waals surface area contributed by atoms with Crippen LogP contribution in [-0.4, -0.2) is 28.6 Å². The van der Waals surface area contributed by atoms with Crippen LogP contribution in [0.2, 0.25) is 5.02 Å². The molecule has 0 atom stereocenters. The summed E-state index contributed by atoms with van der Waals surface area (Å²) in [5, 5.41) is 3.08. The minimum atomic E-state index is -0.344. The predicted molar refractivity (Wildman–Crippen MR) is 139 cm³/mol. The Labute approximate surface area is 212 Å². The zero-order valence-electron chi connectivity index (χ0n) is 19.2. The van der Waals surface area contributed by atoms with Crippen LogP contribution in [0.15, 0.2) is 71.6 Å². The summed E-state index contributed by atoms with van der Waals surface area (Å²) in [6.45, 7) is 3.93. The minimum absolute atomic E-state index is 0.130. The molecule has 1 fully saturated rings. The van der Waals surface area contributed by atoms with Gasteiger partial charge in [0.1, 0.15) is 5.75 Å². The smallest absolute Gasteiger partial charge is 0.293 e. The highest BCUT2D eigenvalue weighted by Gasteiger charge is 2.35. The fraction of sp³-hybridized carbons (Fsp3) is 0.148. The van der Waals surface area contributed by atoms with E-state index in [0.717, 1.165) is 39.7 Å². The van der Waals surface area contributed by atoms with Crippen molar-refractivity contribution in [2.45, 2.75) is 20.4 Å². The number of ether oxygens (including phenoxy) is 1. The topological polar surface area (TPSA) is 75.7 Å². The maximum Gasteiger partial charge on any atom is 0.293 e. The molecule has 6 nitrogen and oxygen atoms in total. The number of nitrogens with one attached hydrogen (secondary N) is 1. The fourth-order valence-corrected chi connectivity index (χ4v) is 4.52. The van der Waals surface area contributed by atoms with E-state index in [-0.39, 0.29) is 30.2 Å². The van der Waals surface area contributed by atoms with Crippen molar-refractivity contribution in [1.29, 1.82) is 0 Å². The number of benzene rings is 3. The van der Waals surface area contributed by atoms with Crippen LogP contribution >= 0.6 is 23.4 Å². The molecule has 178 valence electrons. The highest BCUT2D eigenvalue weighted by atomic mass is 35.5. The maximum absolute atomic E-state index is 12.8. The van der Waals surface area contributed by atoms with Gasteiger partial charge in [0.05, 0.1) is 11.4 Å². The quantitative estimate of drug-likeness (QED) is 0.385. The minimum Gasteiger partial charge on any atom is -0.484 e. The van der Waals surface area contributed by atoms with Gasteiger partial charge in [0, 0.05) is 10.7 Å². The lowest BCUT2D eigenvalue weighted by molar-refractivity contribution is -0.123. The lowest BCUT2D eigenvalue weighted by atomic mass is 10.1. The van der Waals surface area contributed by atoms with Crippen molar-refractivity contribution >= 4 is 52.2 Å². The van der Waals surface area contributed by atoms with E-state index in [1.807, 2.05) is 38.1 Å². The summed E-state index contributed by atoms with van der Waals surface area (Å²) in [5.41, 5.74) is 4.32. The first kappa shape index (κ1) is 24.6. The van der Waals surface area contributed by atoms with Gasteiger partial charge in [0.15, 0.2) is 6.61 Å². The van der Waals surface area contributed by atoms with Gasteiger partial charge in [-0.3, -0.25) is 19.3 Å². The number of halogens is 1. The Balaban J connectivity index is 1.35. The second kappa shape index (κ2) is 10.8. The molecule has 8 heteroatoms. The molecule has 0 aromatic heterocycles. The van der Waals surface area contributed by atoms with Gasteiger partial charge in [-0.15, -0.1) is 0 Å². The second-order valence-corrected chi connectivity index (χ2v) is 9.55. The second-order valence-electron chi connectivity index (χ2n) is 8.12. The number of imide groups is 1. The van der Waals surface area contributed by atoms with Gasteiger partial charge in [0.2, 0.25) is 0 Å². The summed E-state index contributed by atoms with van der Waals surface area (Å²) in [4.78, 5) is 39.0. The SMILES string of the molecule is Cc1ccc(C)c(NC(=O)COc2ccc(/C=C3\SC(=O)N(Cc4cccc(Cl)c4)C3=O)cc2)c1. The first-order valence-electron chi connectivity index (χ1n) is 10.9. The molecule has 1 heterocycles. The van der Waals surface area contributed by atoms with Crippen LogP contribution in [0.25, 0.3) is 6.08 Å². The third-order valence-corrected chi connectivity index (χ3v) is 6.46. The van der Waals surface area contributed by atoms with Gasteiger partial charge in [0.25, 0.3) is 17.1 Å². The van der Waals surface area contributed by atoms with E-state index in [1.165, 1.54) is 4.90 Å². The number of anilines is 1. The molecule has 3 aromatic carbocycles. The average molecular weight is 507 g/mol. The van der Waals surface area contributed by atoms with Crippen LogP contribution in [0.5, 0.6) is 5.75 Å². The fourth-order valence-electron chi connectivity index (χ4n) is 3.47. The van der Waals surface area contributed by atoms with Crippen LogP contribution in [0.4, 0.5) is 10.5 Å². The number of thioether (sulfide) groups is 1. The van der Waals surface area contributed by atoms with Crippen molar-refractivity contribution in [3.8, 4) is 5.75 Å². The van der Waals surface area contributed by atoms with Crippen molar-refractivity contribution in [3.05, 3.63) is 98.9 Å². The standard InChI is InChI=1S/C27H23ClN2O4S/c1-17-6-7-18(2)23(12-17)29-25(31)16-34-22-10-8-19(9-11-22)14-24-26(32)30(27(33)35-24)15-20-4-3-5-21(28)13-20/h3-14H,15-16H2,1-2H3,(H,29,31)/b24-14-. The molecule has 3 aromatic rings. The summed E-state index contributed by atoms with van der Waals surface area (Å²) >= 11 is 6.91. The van der Waals surface area contributed by atoms with Gasteiger partial charge in [-0.05, 0) is 84.3 Å². The van der Waals surface area contributed by atoms with Crippen LogP contribution in [0.3, 0.4) is 0 Å². The van der Waals surface area contributed by atoms with E-state index in [9.17, 15) is 14.4 Å². The van der Waals surface area contributed by atoms with Gasteiger partial charge >= 0.3 is 0 Å². The summed E-state index contributed by atoms with van der Waals surface area (Å²) in [6, 6.07) is 19.9. The Morgan fingerprint density at radius 2 is 1.83 bits per heavy atom. The molecule has 0 unspecified atom stereocenters. The molecular formula is C27H23ClN2O4S. The molecule has 0 bridgehead atoms. The van der Waals surface area contributed by atoms with Gasteiger partial charge in [-0.1, -0.05) is 48.0 Å². The van der Waals surface area contributed by atoms with E-state index < -0.39 is 0 Å². The number of hydrogen-bond donors (Lipinski definition) is 1. The lowest BCUT2D eigenvalue weighted by Crippen LogP contribution is -2.27. The van der Waals surface area contributed by atoms with Crippen LogP contribution in [0, 0.1) is 13.8 Å². The Morgan fingerprint density at radius 3 is 2.57 bits per heavy atom. The number of carbonyl (C=O) groups is 3. The Kier molecular flexibility index (Phi) is 7.58. The van der Waals surface area contributed by atoms with Crippen LogP contribution in [-0.2, 0) is 16.1 Å². The summed E-state index contributed by atoms with van der Waals surface area (Å²) in [7, 11) is 0. The molecule has 1 saturated heterocycles. The molecule has 1 aliphatic rings.